The van der Waals surface area contributed by atoms with E-state index in [-0.39, 0.29) is 0 Å². The molecule has 4 rings (SSSR count). The number of rotatable bonds is 4. The lowest BCUT2D eigenvalue weighted by Crippen LogP contribution is -2.01. The van der Waals surface area contributed by atoms with Gasteiger partial charge in [-0.25, -0.2) is 4.68 Å². The van der Waals surface area contributed by atoms with Gasteiger partial charge in [-0.1, -0.05) is 24.3 Å². The van der Waals surface area contributed by atoms with Crippen LogP contribution in [0.1, 0.15) is 17.2 Å². The van der Waals surface area contributed by atoms with Crippen LogP contribution < -0.4 is 0 Å². The number of para-hydroxylation sites is 1. The highest BCUT2D eigenvalue weighted by atomic mass is 32.2. The third kappa shape index (κ3) is 2.92. The fourth-order valence-electron chi connectivity index (χ4n) is 2.93. The minimum absolute atomic E-state index is 0.691. The summed E-state index contributed by atoms with van der Waals surface area (Å²) in [4.78, 5) is 4.01. The van der Waals surface area contributed by atoms with E-state index in [4.69, 9.17) is 5.10 Å². The van der Waals surface area contributed by atoms with Gasteiger partial charge < -0.3 is 5.11 Å². The lowest BCUT2D eigenvalue weighted by molar-refractivity contribution is 0.220. The van der Waals surface area contributed by atoms with Crippen LogP contribution in [-0.2, 0) is 0 Å². The van der Waals surface area contributed by atoms with Crippen LogP contribution in [0.4, 0.5) is 0 Å². The van der Waals surface area contributed by atoms with Crippen LogP contribution >= 0.6 is 11.8 Å². The second kappa shape index (κ2) is 6.70. The molecule has 0 bridgehead atoms. The third-order valence-electron chi connectivity index (χ3n) is 4.20. The van der Waals surface area contributed by atoms with Crippen LogP contribution in [0.25, 0.3) is 16.6 Å². The molecular formula is C20H17N3OS. The highest BCUT2D eigenvalue weighted by Crippen LogP contribution is 2.31. The molecule has 2 heterocycles. The Hall–Kier alpha value is -2.63. The molecule has 4 nitrogen and oxygen atoms in total. The maximum atomic E-state index is 10.7. The number of hydrogen-bond acceptors (Lipinski definition) is 4. The fraction of sp³-hybridized carbons (Fsp3) is 0.100. The molecule has 1 atom stereocenters. The first-order valence-corrected chi connectivity index (χ1v) is 9.20. The molecule has 5 heteroatoms. The molecule has 4 aromatic rings. The van der Waals surface area contributed by atoms with Gasteiger partial charge in [-0.2, -0.15) is 5.10 Å². The van der Waals surface area contributed by atoms with E-state index < -0.39 is 6.10 Å². The average molecular weight is 347 g/mol. The minimum Gasteiger partial charge on any atom is -0.384 e. The number of aliphatic hydroxyl groups is 1. The van der Waals surface area contributed by atoms with Crippen molar-refractivity contribution < 1.29 is 5.11 Å². The van der Waals surface area contributed by atoms with Gasteiger partial charge in [0.15, 0.2) is 0 Å². The molecule has 0 radical (unpaired) electrons. The number of hydrogen-bond donors (Lipinski definition) is 1. The Kier molecular flexibility index (Phi) is 4.26. The standard InChI is InChI=1S/C20H17N3OS/c1-25-20-17-8-7-15(19(24)14-9-11-21-12-10-14)13-18(17)23(22-20)16-5-3-2-4-6-16/h2-13,19,24H,1H3. The van der Waals surface area contributed by atoms with Crippen LogP contribution in [0.15, 0.2) is 78.1 Å². The molecular weight excluding hydrogens is 330 g/mol. The van der Waals surface area contributed by atoms with Crippen molar-refractivity contribution in [3.8, 4) is 5.69 Å². The van der Waals surface area contributed by atoms with Crippen molar-refractivity contribution in [1.29, 1.82) is 0 Å². The summed E-state index contributed by atoms with van der Waals surface area (Å²) in [6.45, 7) is 0. The number of thioether (sulfide) groups is 1. The highest BCUT2D eigenvalue weighted by Gasteiger charge is 2.16. The Morgan fingerprint density at radius 2 is 1.72 bits per heavy atom. The van der Waals surface area contributed by atoms with Gasteiger partial charge in [0, 0.05) is 17.8 Å². The lowest BCUT2D eigenvalue weighted by atomic mass is 10.0. The second-order valence-electron chi connectivity index (χ2n) is 5.72. The SMILES string of the molecule is CSc1nn(-c2ccccc2)c2cc(C(O)c3ccncc3)ccc12. The molecule has 0 aliphatic rings. The zero-order chi connectivity index (χ0) is 17.2. The number of fused-ring (bicyclic) bond motifs is 1. The Balaban J connectivity index is 1.87. The van der Waals surface area contributed by atoms with E-state index in [9.17, 15) is 5.11 Å². The van der Waals surface area contributed by atoms with Gasteiger partial charge in [0.25, 0.3) is 0 Å². The molecule has 2 aromatic heterocycles. The maximum absolute atomic E-state index is 10.7. The van der Waals surface area contributed by atoms with Crippen molar-refractivity contribution in [2.24, 2.45) is 0 Å². The van der Waals surface area contributed by atoms with Crippen molar-refractivity contribution in [3.05, 3.63) is 84.2 Å². The molecule has 0 aliphatic carbocycles. The van der Waals surface area contributed by atoms with Gasteiger partial charge in [-0.05, 0) is 53.8 Å². The highest BCUT2D eigenvalue weighted by molar-refractivity contribution is 7.98. The molecule has 0 fully saturated rings. The van der Waals surface area contributed by atoms with Crippen LogP contribution in [0.5, 0.6) is 0 Å². The van der Waals surface area contributed by atoms with Gasteiger partial charge in [0.05, 0.1) is 11.2 Å². The van der Waals surface area contributed by atoms with Crippen molar-refractivity contribution in [2.45, 2.75) is 11.1 Å². The van der Waals surface area contributed by atoms with Crippen molar-refractivity contribution >= 4 is 22.7 Å². The number of nitrogens with zero attached hydrogens (tertiary/aromatic N) is 3. The number of pyridine rings is 1. The minimum atomic E-state index is -0.691. The summed E-state index contributed by atoms with van der Waals surface area (Å²) in [6.07, 6.45) is 4.72. The van der Waals surface area contributed by atoms with Crippen LogP contribution in [-0.4, -0.2) is 26.1 Å². The smallest absolute Gasteiger partial charge is 0.126 e. The molecule has 2 aromatic carbocycles. The summed E-state index contributed by atoms with van der Waals surface area (Å²) in [7, 11) is 0. The Morgan fingerprint density at radius 1 is 0.960 bits per heavy atom. The first kappa shape index (κ1) is 15.9. The predicted octanol–water partition coefficient (Wildman–Crippen LogP) is 4.22. The van der Waals surface area contributed by atoms with Crippen molar-refractivity contribution in [2.75, 3.05) is 6.26 Å². The number of aromatic nitrogens is 3. The zero-order valence-electron chi connectivity index (χ0n) is 13.7. The Morgan fingerprint density at radius 3 is 2.44 bits per heavy atom. The average Bonchev–Trinajstić information content (AvgIpc) is 3.07. The van der Waals surface area contributed by atoms with E-state index in [0.717, 1.165) is 32.7 Å². The van der Waals surface area contributed by atoms with Gasteiger partial charge in [0.2, 0.25) is 0 Å². The van der Waals surface area contributed by atoms with Gasteiger partial charge in [0.1, 0.15) is 11.1 Å². The summed E-state index contributed by atoms with van der Waals surface area (Å²) < 4.78 is 1.93. The largest absolute Gasteiger partial charge is 0.384 e. The monoisotopic (exact) mass is 347 g/mol. The molecule has 0 saturated heterocycles. The van der Waals surface area contributed by atoms with E-state index >= 15 is 0 Å². The molecule has 0 aliphatic heterocycles. The molecule has 0 amide bonds. The molecule has 0 saturated carbocycles. The number of aliphatic hydroxyl groups excluding tert-OH is 1. The van der Waals surface area contributed by atoms with E-state index in [1.54, 1.807) is 24.2 Å². The first-order valence-electron chi connectivity index (χ1n) is 7.98. The van der Waals surface area contributed by atoms with Gasteiger partial charge in [-0.3, -0.25) is 4.98 Å². The van der Waals surface area contributed by atoms with Gasteiger partial charge in [-0.15, -0.1) is 11.8 Å². The van der Waals surface area contributed by atoms with Crippen molar-refractivity contribution in [1.82, 2.24) is 14.8 Å². The normalized spacial score (nSPS) is 12.4. The third-order valence-corrected chi connectivity index (χ3v) is 4.89. The van der Waals surface area contributed by atoms with E-state index in [1.807, 2.05) is 71.6 Å². The second-order valence-corrected chi connectivity index (χ2v) is 6.51. The predicted molar refractivity (Wildman–Crippen MR) is 101 cm³/mol. The molecule has 124 valence electrons. The lowest BCUT2D eigenvalue weighted by Gasteiger charge is -2.12. The molecule has 1 unspecified atom stereocenters. The van der Waals surface area contributed by atoms with Crippen LogP contribution in [0, 0.1) is 0 Å². The summed E-state index contributed by atoms with van der Waals surface area (Å²) >= 11 is 1.62. The van der Waals surface area contributed by atoms with Gasteiger partial charge >= 0.3 is 0 Å². The summed E-state index contributed by atoms with van der Waals surface area (Å²) in [6, 6.07) is 19.7. The fourth-order valence-corrected chi connectivity index (χ4v) is 3.48. The van der Waals surface area contributed by atoms with E-state index in [1.165, 1.54) is 0 Å². The number of benzene rings is 2. The summed E-state index contributed by atoms with van der Waals surface area (Å²) in [5.41, 5.74) is 3.65. The first-order chi connectivity index (χ1) is 12.3. The van der Waals surface area contributed by atoms with Crippen molar-refractivity contribution in [3.63, 3.8) is 0 Å². The van der Waals surface area contributed by atoms with Crippen LogP contribution in [0.2, 0.25) is 0 Å². The topological polar surface area (TPSA) is 50.9 Å². The summed E-state index contributed by atoms with van der Waals surface area (Å²) in [5, 5.41) is 17.5. The summed E-state index contributed by atoms with van der Waals surface area (Å²) in [5.74, 6) is 0. The molecule has 0 spiro atoms. The zero-order valence-corrected chi connectivity index (χ0v) is 14.5. The van der Waals surface area contributed by atoms with Crippen LogP contribution in [0.3, 0.4) is 0 Å². The maximum Gasteiger partial charge on any atom is 0.126 e. The molecule has 1 N–H and O–H groups in total. The van der Waals surface area contributed by atoms with E-state index in [2.05, 4.69) is 4.98 Å². The Bertz CT molecular complexity index is 1000. The Labute approximate surface area is 150 Å². The van der Waals surface area contributed by atoms with E-state index in [0.29, 0.717) is 0 Å². The molecule has 25 heavy (non-hydrogen) atoms. The quantitative estimate of drug-likeness (QED) is 0.562.